The van der Waals surface area contributed by atoms with Crippen molar-refractivity contribution in [3.05, 3.63) is 0 Å². The molecule has 0 aromatic heterocycles. The number of carboxylic acid groups (broad SMARTS) is 4. The van der Waals surface area contributed by atoms with Crippen molar-refractivity contribution in [1.29, 1.82) is 0 Å². The molecule has 4 N–H and O–H groups in total. The zero-order valence-corrected chi connectivity index (χ0v) is 10.2. The molecule has 0 rings (SSSR count). The van der Waals surface area contributed by atoms with E-state index in [1.165, 1.54) is 0 Å². The number of rotatable bonds is 0. The molecule has 0 atom stereocenters. The monoisotopic (exact) mass is 276 g/mol. The van der Waals surface area contributed by atoms with E-state index in [4.69, 9.17) is 34.8 Å². The Bertz CT molecular complexity index is 120. The largest absolute Gasteiger partial charge is 0.503 e. The van der Waals surface area contributed by atoms with Crippen molar-refractivity contribution < 1.29 is 54.3 Å². The fourth-order valence-electron chi connectivity index (χ4n) is 0. The minimum Gasteiger partial charge on any atom is -0.481 e. The Hall–Kier alpha value is -0.634. The van der Waals surface area contributed by atoms with E-state index in [0.29, 0.717) is 0 Å². The molecular formula is C5H13AlO7Zn. The quantitative estimate of drug-likeness (QED) is 0.427. The summed E-state index contributed by atoms with van der Waals surface area (Å²) in [5.74, 6) is -1.67. The van der Waals surface area contributed by atoms with Crippen LogP contribution in [0.25, 0.3) is 0 Å². The number of hydrogen-bond donors (Lipinski definition) is 4. The van der Waals surface area contributed by atoms with E-state index < -0.39 is 18.1 Å². The van der Waals surface area contributed by atoms with Crippen molar-refractivity contribution in [3.8, 4) is 0 Å². The van der Waals surface area contributed by atoms with E-state index in [-0.39, 0.29) is 36.8 Å². The Kier molecular flexibility index (Phi) is 47.6. The molecule has 0 radical (unpaired) electrons. The molecule has 0 heterocycles. The molecule has 0 aliphatic rings. The molecule has 0 fully saturated rings. The maximum atomic E-state index is 9.00. The zero-order chi connectivity index (χ0) is 10.7. The van der Waals surface area contributed by atoms with Gasteiger partial charge in [0.05, 0.1) is 0 Å². The summed E-state index contributed by atoms with van der Waals surface area (Å²) in [4.78, 5) is 26.6. The first kappa shape index (κ1) is 29.2. The smallest absolute Gasteiger partial charge is 0.481 e. The average Bonchev–Trinajstić information content (AvgIpc) is 1.54. The van der Waals surface area contributed by atoms with Gasteiger partial charge < -0.3 is 20.4 Å². The van der Waals surface area contributed by atoms with Crippen molar-refractivity contribution in [2.45, 2.75) is 13.8 Å². The van der Waals surface area contributed by atoms with Crippen molar-refractivity contribution in [2.24, 2.45) is 0 Å². The predicted molar refractivity (Wildman–Crippen MR) is 47.2 cm³/mol. The SMILES string of the molecule is CC(=O)O.CC(=O)O.O=C(O)O.[AlH3].[Zn]. The topological polar surface area (TPSA) is 132 Å². The van der Waals surface area contributed by atoms with Gasteiger partial charge in [-0.3, -0.25) is 9.59 Å². The fraction of sp³-hybridized carbons (Fsp3) is 0.400. The first-order valence-electron chi connectivity index (χ1n) is 2.51. The van der Waals surface area contributed by atoms with Crippen LogP contribution in [0.5, 0.6) is 0 Å². The van der Waals surface area contributed by atoms with E-state index in [2.05, 4.69) is 0 Å². The summed E-state index contributed by atoms with van der Waals surface area (Å²) in [7, 11) is 0. The van der Waals surface area contributed by atoms with Gasteiger partial charge in [0.2, 0.25) is 0 Å². The second-order valence-electron chi connectivity index (χ2n) is 1.32. The molecule has 9 heteroatoms. The Balaban J connectivity index is -0.0000000270. The zero-order valence-electron chi connectivity index (χ0n) is 7.22. The van der Waals surface area contributed by atoms with Crippen molar-refractivity contribution in [1.82, 2.24) is 0 Å². The summed E-state index contributed by atoms with van der Waals surface area (Å²) < 4.78 is 0. The van der Waals surface area contributed by atoms with Gasteiger partial charge in [0.25, 0.3) is 11.9 Å². The van der Waals surface area contributed by atoms with Crippen LogP contribution in [0.3, 0.4) is 0 Å². The number of carboxylic acids is 2. The normalized spacial score (nSPS) is 5.29. The van der Waals surface area contributed by atoms with Gasteiger partial charge in [0.15, 0.2) is 17.4 Å². The predicted octanol–water partition coefficient (Wildman–Crippen LogP) is -0.782. The van der Waals surface area contributed by atoms with Crippen molar-refractivity contribution >= 4 is 35.5 Å². The first-order chi connectivity index (χ1) is 5.20. The van der Waals surface area contributed by atoms with Crippen LogP contribution >= 0.6 is 0 Å². The molecule has 0 bridgehead atoms. The molecule has 0 aromatic carbocycles. The fourth-order valence-corrected chi connectivity index (χ4v) is 0. The van der Waals surface area contributed by atoms with E-state index in [1.54, 1.807) is 0 Å². The second kappa shape index (κ2) is 22.8. The number of aliphatic carboxylic acids is 2. The average molecular weight is 278 g/mol. The van der Waals surface area contributed by atoms with Gasteiger partial charge >= 0.3 is 6.16 Å². The van der Waals surface area contributed by atoms with E-state index >= 15 is 0 Å². The standard InChI is InChI=1S/2C2H4O2.CH2O3.Al.Zn.3H/c2*1-2(3)4;2-1(3)4;;;;;/h2*1H3,(H,3,4);(H2,2,3,4);;;;;. The summed E-state index contributed by atoms with van der Waals surface area (Å²) in [6, 6.07) is 0. The van der Waals surface area contributed by atoms with Gasteiger partial charge in [-0.1, -0.05) is 0 Å². The van der Waals surface area contributed by atoms with Crippen LogP contribution in [-0.2, 0) is 29.1 Å². The van der Waals surface area contributed by atoms with E-state index in [1.807, 2.05) is 0 Å². The first-order valence-corrected chi connectivity index (χ1v) is 2.51. The Morgan fingerprint density at radius 3 is 0.786 bits per heavy atom. The molecule has 0 aliphatic carbocycles. The van der Waals surface area contributed by atoms with Crippen LogP contribution in [0.15, 0.2) is 0 Å². The van der Waals surface area contributed by atoms with Crippen LogP contribution in [0.2, 0.25) is 0 Å². The number of carbonyl (C=O) groups is 3. The summed E-state index contributed by atoms with van der Waals surface area (Å²) >= 11 is 0. The van der Waals surface area contributed by atoms with Gasteiger partial charge in [-0.2, -0.15) is 0 Å². The maximum absolute atomic E-state index is 9.00. The van der Waals surface area contributed by atoms with Gasteiger partial charge in [-0.15, -0.1) is 0 Å². The molecule has 0 aromatic rings. The summed E-state index contributed by atoms with van der Waals surface area (Å²) in [5, 5.41) is 28.8. The Labute approximate surface area is 104 Å². The minimum atomic E-state index is -1.83. The molecule has 0 amide bonds. The number of hydrogen-bond acceptors (Lipinski definition) is 3. The second-order valence-corrected chi connectivity index (χ2v) is 1.32. The molecule has 7 nitrogen and oxygen atoms in total. The Morgan fingerprint density at radius 1 is 0.786 bits per heavy atom. The third-order valence-electron chi connectivity index (χ3n) is 0. The van der Waals surface area contributed by atoms with Gasteiger partial charge in [-0.05, 0) is 0 Å². The molecule has 14 heavy (non-hydrogen) atoms. The van der Waals surface area contributed by atoms with Gasteiger partial charge in [-0.25, -0.2) is 4.79 Å². The van der Waals surface area contributed by atoms with Gasteiger partial charge in [0, 0.05) is 33.3 Å². The van der Waals surface area contributed by atoms with E-state index in [0.717, 1.165) is 13.8 Å². The molecule has 0 saturated heterocycles. The van der Waals surface area contributed by atoms with Crippen molar-refractivity contribution in [2.75, 3.05) is 0 Å². The van der Waals surface area contributed by atoms with Crippen molar-refractivity contribution in [3.63, 3.8) is 0 Å². The molecule has 0 unspecified atom stereocenters. The third-order valence-corrected chi connectivity index (χ3v) is 0. The van der Waals surface area contributed by atoms with Crippen LogP contribution in [0.1, 0.15) is 13.8 Å². The molecular weight excluding hydrogens is 264 g/mol. The maximum Gasteiger partial charge on any atom is 0.503 e. The summed E-state index contributed by atoms with van der Waals surface area (Å²) in [6.07, 6.45) is -1.83. The van der Waals surface area contributed by atoms with Crippen LogP contribution < -0.4 is 0 Å². The molecule has 0 saturated carbocycles. The van der Waals surface area contributed by atoms with Crippen LogP contribution in [0, 0.1) is 0 Å². The summed E-state index contributed by atoms with van der Waals surface area (Å²) in [5.41, 5.74) is 0. The van der Waals surface area contributed by atoms with Crippen LogP contribution in [-0.4, -0.2) is 55.9 Å². The van der Waals surface area contributed by atoms with Gasteiger partial charge in [0.1, 0.15) is 0 Å². The van der Waals surface area contributed by atoms with Crippen LogP contribution in [0.4, 0.5) is 4.79 Å². The molecule has 80 valence electrons. The molecule has 0 spiro atoms. The Morgan fingerprint density at radius 2 is 0.786 bits per heavy atom. The molecule has 0 aliphatic heterocycles. The third kappa shape index (κ3) is 3040. The summed E-state index contributed by atoms with van der Waals surface area (Å²) in [6.45, 7) is 2.17. The minimum absolute atomic E-state index is 0. The van der Waals surface area contributed by atoms with E-state index in [9.17, 15) is 0 Å².